The second-order valence-electron chi connectivity index (χ2n) is 4.84. The van der Waals surface area contributed by atoms with Crippen LogP contribution in [0, 0.1) is 0 Å². The van der Waals surface area contributed by atoms with E-state index >= 15 is 0 Å². The molecule has 0 N–H and O–H groups in total. The number of hydrogen-bond donors (Lipinski definition) is 0. The van der Waals surface area contributed by atoms with Crippen LogP contribution in [0.15, 0.2) is 33.5 Å². The number of halogens is 1. The van der Waals surface area contributed by atoms with Gasteiger partial charge >= 0.3 is 0 Å². The van der Waals surface area contributed by atoms with E-state index in [0.29, 0.717) is 12.5 Å². The van der Waals surface area contributed by atoms with Crippen LogP contribution in [0.25, 0.3) is 11.5 Å². The summed E-state index contributed by atoms with van der Waals surface area (Å²) in [6, 6.07) is 4.07. The Kier molecular flexibility index (Phi) is 2.30. The standard InChI is InChI=1S/C13H12BrNO2/c1-13(2)7-17-11-9(13)5-8(6-10(11)14)12-15-3-4-16-12/h3-6H,7H2,1-2H3. The van der Waals surface area contributed by atoms with Gasteiger partial charge in [0, 0.05) is 16.5 Å². The van der Waals surface area contributed by atoms with Crippen LogP contribution < -0.4 is 4.74 Å². The molecule has 1 aliphatic heterocycles. The molecule has 3 nitrogen and oxygen atoms in total. The lowest BCUT2D eigenvalue weighted by Crippen LogP contribution is -2.18. The molecule has 3 rings (SSSR count). The molecule has 0 spiro atoms. The van der Waals surface area contributed by atoms with Crippen LogP contribution in [0.4, 0.5) is 0 Å². The van der Waals surface area contributed by atoms with Crippen LogP contribution in [0.3, 0.4) is 0 Å². The van der Waals surface area contributed by atoms with Crippen LogP contribution in [0.2, 0.25) is 0 Å². The molecule has 2 heterocycles. The summed E-state index contributed by atoms with van der Waals surface area (Å²) in [6.45, 7) is 5.05. The fourth-order valence-electron chi connectivity index (χ4n) is 2.06. The van der Waals surface area contributed by atoms with Crippen molar-refractivity contribution in [1.29, 1.82) is 0 Å². The molecule has 0 radical (unpaired) electrons. The Morgan fingerprint density at radius 2 is 2.18 bits per heavy atom. The number of ether oxygens (including phenoxy) is 1. The van der Waals surface area contributed by atoms with Gasteiger partial charge in [-0.15, -0.1) is 0 Å². The third-order valence-corrected chi connectivity index (χ3v) is 3.62. The van der Waals surface area contributed by atoms with Crippen molar-refractivity contribution in [2.24, 2.45) is 0 Å². The number of benzene rings is 1. The van der Waals surface area contributed by atoms with Gasteiger partial charge in [0.25, 0.3) is 0 Å². The average molecular weight is 294 g/mol. The van der Waals surface area contributed by atoms with Gasteiger partial charge in [-0.3, -0.25) is 0 Å². The third kappa shape index (κ3) is 1.67. The van der Waals surface area contributed by atoms with Crippen LogP contribution >= 0.6 is 15.9 Å². The predicted molar refractivity (Wildman–Crippen MR) is 68.2 cm³/mol. The molecule has 0 aliphatic carbocycles. The Balaban J connectivity index is 2.20. The van der Waals surface area contributed by atoms with E-state index in [1.807, 2.05) is 6.07 Å². The fraction of sp³-hybridized carbons (Fsp3) is 0.308. The lowest BCUT2D eigenvalue weighted by Gasteiger charge is -2.15. The molecule has 0 amide bonds. The zero-order valence-corrected chi connectivity index (χ0v) is 11.2. The molecule has 4 heteroatoms. The highest BCUT2D eigenvalue weighted by atomic mass is 79.9. The summed E-state index contributed by atoms with van der Waals surface area (Å²) in [5, 5.41) is 0. The van der Waals surface area contributed by atoms with Gasteiger partial charge in [-0.05, 0) is 28.1 Å². The van der Waals surface area contributed by atoms with Gasteiger partial charge in [-0.1, -0.05) is 13.8 Å². The Bertz CT molecular complexity index is 561. The number of aromatic nitrogens is 1. The molecular formula is C13H12BrNO2. The summed E-state index contributed by atoms with van der Waals surface area (Å²) in [5.74, 6) is 1.57. The van der Waals surface area contributed by atoms with E-state index in [9.17, 15) is 0 Å². The van der Waals surface area contributed by atoms with Gasteiger partial charge in [0.2, 0.25) is 5.89 Å². The smallest absolute Gasteiger partial charge is 0.225 e. The second kappa shape index (κ2) is 3.60. The first-order valence-corrected chi connectivity index (χ1v) is 6.24. The van der Waals surface area contributed by atoms with Crippen molar-refractivity contribution in [2.75, 3.05) is 6.61 Å². The zero-order valence-electron chi connectivity index (χ0n) is 9.66. The number of oxazole rings is 1. The highest BCUT2D eigenvalue weighted by Gasteiger charge is 2.34. The number of rotatable bonds is 1. The lowest BCUT2D eigenvalue weighted by atomic mass is 9.86. The van der Waals surface area contributed by atoms with Crippen molar-refractivity contribution in [1.82, 2.24) is 4.98 Å². The molecule has 0 unspecified atom stereocenters. The molecule has 1 aromatic carbocycles. The van der Waals surface area contributed by atoms with Crippen molar-refractivity contribution in [3.8, 4) is 17.2 Å². The van der Waals surface area contributed by atoms with E-state index in [1.54, 1.807) is 12.5 Å². The summed E-state index contributed by atoms with van der Waals surface area (Å²) in [5.41, 5.74) is 2.19. The topological polar surface area (TPSA) is 35.3 Å². The molecule has 0 fully saturated rings. The normalized spacial score (nSPS) is 16.6. The monoisotopic (exact) mass is 293 g/mol. The molecule has 1 aliphatic rings. The first-order valence-electron chi connectivity index (χ1n) is 5.45. The number of hydrogen-bond acceptors (Lipinski definition) is 3. The number of fused-ring (bicyclic) bond motifs is 1. The van der Waals surface area contributed by atoms with Crippen molar-refractivity contribution in [3.05, 3.63) is 34.6 Å². The molecule has 0 saturated heterocycles. The minimum atomic E-state index is 0.0282. The third-order valence-electron chi connectivity index (χ3n) is 3.03. The summed E-state index contributed by atoms with van der Waals surface area (Å²) >= 11 is 3.54. The van der Waals surface area contributed by atoms with E-state index in [-0.39, 0.29) is 5.41 Å². The van der Waals surface area contributed by atoms with Gasteiger partial charge in [-0.25, -0.2) is 4.98 Å². The number of nitrogens with zero attached hydrogens (tertiary/aromatic N) is 1. The summed E-state index contributed by atoms with van der Waals surface area (Å²) in [7, 11) is 0. The van der Waals surface area contributed by atoms with Crippen molar-refractivity contribution >= 4 is 15.9 Å². The molecular weight excluding hydrogens is 282 g/mol. The molecule has 0 atom stereocenters. The summed E-state index contributed by atoms with van der Waals surface area (Å²) < 4.78 is 12.0. The fourth-order valence-corrected chi connectivity index (χ4v) is 2.64. The maximum atomic E-state index is 5.72. The SMILES string of the molecule is CC1(C)COc2c(Br)cc(-c3ncco3)cc21. The van der Waals surface area contributed by atoms with Gasteiger partial charge in [0.15, 0.2) is 0 Å². The second-order valence-corrected chi connectivity index (χ2v) is 5.70. The zero-order chi connectivity index (χ0) is 12.0. The first-order chi connectivity index (χ1) is 8.08. The highest BCUT2D eigenvalue weighted by molar-refractivity contribution is 9.10. The Labute approximate surface area is 108 Å². The molecule has 2 aromatic rings. The van der Waals surface area contributed by atoms with Crippen molar-refractivity contribution in [2.45, 2.75) is 19.3 Å². The Morgan fingerprint density at radius 1 is 1.35 bits per heavy atom. The lowest BCUT2D eigenvalue weighted by molar-refractivity contribution is 0.290. The minimum absolute atomic E-state index is 0.0282. The first kappa shape index (κ1) is 10.8. The molecule has 17 heavy (non-hydrogen) atoms. The van der Waals surface area contributed by atoms with Crippen molar-refractivity contribution < 1.29 is 9.15 Å². The predicted octanol–water partition coefficient (Wildman–Crippen LogP) is 3.77. The molecule has 1 aromatic heterocycles. The van der Waals surface area contributed by atoms with Crippen LogP contribution in [0.1, 0.15) is 19.4 Å². The van der Waals surface area contributed by atoms with E-state index in [0.717, 1.165) is 15.8 Å². The minimum Gasteiger partial charge on any atom is -0.491 e. The highest BCUT2D eigenvalue weighted by Crippen LogP contribution is 2.45. The van der Waals surface area contributed by atoms with Crippen LogP contribution in [-0.4, -0.2) is 11.6 Å². The maximum Gasteiger partial charge on any atom is 0.225 e. The van der Waals surface area contributed by atoms with E-state index < -0.39 is 0 Å². The van der Waals surface area contributed by atoms with Crippen LogP contribution in [-0.2, 0) is 5.41 Å². The summed E-state index contributed by atoms with van der Waals surface area (Å²) in [4.78, 5) is 4.17. The van der Waals surface area contributed by atoms with E-state index in [1.165, 1.54) is 5.56 Å². The molecule has 0 saturated carbocycles. The van der Waals surface area contributed by atoms with Gasteiger partial charge in [0.1, 0.15) is 12.0 Å². The molecule has 88 valence electrons. The van der Waals surface area contributed by atoms with Crippen molar-refractivity contribution in [3.63, 3.8) is 0 Å². The summed E-state index contributed by atoms with van der Waals surface area (Å²) in [6.07, 6.45) is 3.23. The quantitative estimate of drug-likeness (QED) is 0.803. The van der Waals surface area contributed by atoms with E-state index in [2.05, 4.69) is 40.8 Å². The van der Waals surface area contributed by atoms with Gasteiger partial charge < -0.3 is 9.15 Å². The van der Waals surface area contributed by atoms with Gasteiger partial charge in [0.05, 0.1) is 17.3 Å². The van der Waals surface area contributed by atoms with E-state index in [4.69, 9.17) is 9.15 Å². The van der Waals surface area contributed by atoms with Gasteiger partial charge in [-0.2, -0.15) is 0 Å². The molecule has 0 bridgehead atoms. The maximum absolute atomic E-state index is 5.72. The van der Waals surface area contributed by atoms with Crippen LogP contribution in [0.5, 0.6) is 5.75 Å². The Morgan fingerprint density at radius 3 is 2.88 bits per heavy atom. The average Bonchev–Trinajstić information content (AvgIpc) is 2.87. The largest absolute Gasteiger partial charge is 0.491 e. The Hall–Kier alpha value is -1.29.